The summed E-state index contributed by atoms with van der Waals surface area (Å²) in [5, 5.41) is 9.52. The lowest BCUT2D eigenvalue weighted by atomic mass is 10.1. The van der Waals surface area contributed by atoms with Gasteiger partial charge >= 0.3 is 5.51 Å². The monoisotopic (exact) mass is 331 g/mol. The van der Waals surface area contributed by atoms with Gasteiger partial charge in [0.1, 0.15) is 0 Å². The van der Waals surface area contributed by atoms with Gasteiger partial charge in [0.25, 0.3) is 0 Å². The first-order valence-electron chi connectivity index (χ1n) is 6.84. The topological polar surface area (TPSA) is 40.5 Å². The number of nitrogens with zero attached hydrogens (tertiary/aromatic N) is 1. The highest BCUT2D eigenvalue weighted by Gasteiger charge is 2.28. The van der Waals surface area contributed by atoms with Crippen molar-refractivity contribution < 1.29 is 23.1 Å². The van der Waals surface area contributed by atoms with E-state index in [1.807, 2.05) is 0 Å². The Bertz CT molecular complexity index is 543. The van der Waals surface area contributed by atoms with Crippen molar-refractivity contribution in [3.63, 3.8) is 0 Å². The molecule has 3 nitrogen and oxygen atoms in total. The lowest BCUT2D eigenvalue weighted by molar-refractivity contribution is -0.128. The minimum absolute atomic E-state index is 0.107. The number of rotatable bonds is 3. The van der Waals surface area contributed by atoms with Crippen LogP contribution in [0.2, 0.25) is 0 Å². The molecule has 1 fully saturated rings. The summed E-state index contributed by atoms with van der Waals surface area (Å²) in [6.07, 6.45) is 3.93. The Kier molecular flexibility index (Phi) is 5.52. The lowest BCUT2D eigenvalue weighted by Crippen LogP contribution is -2.41. The molecule has 1 atom stereocenters. The Morgan fingerprint density at radius 2 is 2.00 bits per heavy atom. The van der Waals surface area contributed by atoms with E-state index >= 15 is 0 Å². The summed E-state index contributed by atoms with van der Waals surface area (Å²) in [6, 6.07) is 5.80. The Labute approximate surface area is 130 Å². The highest BCUT2D eigenvalue weighted by Crippen LogP contribution is 2.36. The SMILES string of the molecule is O=C(C=Cc1ccc(SC(F)(F)F)cc1)N1CCCC(O)C1. The van der Waals surface area contributed by atoms with Crippen LogP contribution < -0.4 is 0 Å². The number of thioether (sulfide) groups is 1. The van der Waals surface area contributed by atoms with E-state index in [0.717, 1.165) is 6.42 Å². The molecule has 1 aromatic rings. The second kappa shape index (κ2) is 7.19. The molecule has 1 N–H and O–H groups in total. The molecule has 0 aliphatic carbocycles. The van der Waals surface area contributed by atoms with Crippen LogP contribution in [0.15, 0.2) is 35.2 Å². The van der Waals surface area contributed by atoms with E-state index in [0.29, 0.717) is 25.1 Å². The first-order valence-corrected chi connectivity index (χ1v) is 7.66. The zero-order valence-corrected chi connectivity index (χ0v) is 12.5. The number of amides is 1. The summed E-state index contributed by atoms with van der Waals surface area (Å²) in [4.78, 5) is 13.6. The molecule has 1 aliphatic rings. The summed E-state index contributed by atoms with van der Waals surface area (Å²) >= 11 is -0.170. The van der Waals surface area contributed by atoms with Crippen molar-refractivity contribution in [3.05, 3.63) is 35.9 Å². The van der Waals surface area contributed by atoms with Crippen LogP contribution in [-0.2, 0) is 4.79 Å². The molecule has 2 rings (SSSR count). The number of hydrogen-bond donors (Lipinski definition) is 1. The number of carbonyl (C=O) groups is 1. The largest absolute Gasteiger partial charge is 0.446 e. The highest BCUT2D eigenvalue weighted by atomic mass is 32.2. The fraction of sp³-hybridized carbons (Fsp3) is 0.400. The minimum atomic E-state index is -4.30. The van der Waals surface area contributed by atoms with Gasteiger partial charge in [-0.15, -0.1) is 0 Å². The zero-order valence-electron chi connectivity index (χ0n) is 11.7. The van der Waals surface area contributed by atoms with Gasteiger partial charge in [-0.3, -0.25) is 4.79 Å². The van der Waals surface area contributed by atoms with Crippen molar-refractivity contribution in [3.8, 4) is 0 Å². The number of β-amino-alcohol motifs (C(OH)–C–C–N with tert-alkyl or cyclic N) is 1. The molecular formula is C15H16F3NO2S. The molecule has 1 amide bonds. The van der Waals surface area contributed by atoms with Gasteiger partial charge in [0.15, 0.2) is 0 Å². The van der Waals surface area contributed by atoms with E-state index in [4.69, 9.17) is 0 Å². The first kappa shape index (κ1) is 16.9. The maximum absolute atomic E-state index is 12.2. The number of aliphatic hydroxyl groups excluding tert-OH is 1. The van der Waals surface area contributed by atoms with Crippen LogP contribution in [0.5, 0.6) is 0 Å². The van der Waals surface area contributed by atoms with Crippen LogP contribution in [-0.4, -0.2) is 40.6 Å². The average molecular weight is 331 g/mol. The van der Waals surface area contributed by atoms with E-state index in [2.05, 4.69) is 0 Å². The molecule has 1 heterocycles. The second-order valence-electron chi connectivity index (χ2n) is 5.03. The Morgan fingerprint density at radius 1 is 1.32 bits per heavy atom. The summed E-state index contributed by atoms with van der Waals surface area (Å²) in [7, 11) is 0. The maximum Gasteiger partial charge on any atom is 0.446 e. The molecular weight excluding hydrogens is 315 g/mol. The summed E-state index contributed by atoms with van der Waals surface area (Å²) in [5.41, 5.74) is -3.65. The molecule has 0 aromatic heterocycles. The van der Waals surface area contributed by atoms with Gasteiger partial charge in [0.2, 0.25) is 5.91 Å². The van der Waals surface area contributed by atoms with E-state index < -0.39 is 11.6 Å². The van der Waals surface area contributed by atoms with Gasteiger partial charge in [-0.05, 0) is 48.4 Å². The van der Waals surface area contributed by atoms with Crippen molar-refractivity contribution in [1.82, 2.24) is 4.90 Å². The van der Waals surface area contributed by atoms with Crippen molar-refractivity contribution in [2.45, 2.75) is 29.3 Å². The lowest BCUT2D eigenvalue weighted by Gasteiger charge is -2.29. The Balaban J connectivity index is 1.93. The van der Waals surface area contributed by atoms with Gasteiger partial charge in [0.05, 0.1) is 6.10 Å². The van der Waals surface area contributed by atoms with E-state index in [9.17, 15) is 23.1 Å². The molecule has 0 spiro atoms. The molecule has 0 bridgehead atoms. The van der Waals surface area contributed by atoms with Crippen molar-refractivity contribution in [2.24, 2.45) is 0 Å². The van der Waals surface area contributed by atoms with E-state index in [1.54, 1.807) is 11.0 Å². The van der Waals surface area contributed by atoms with Gasteiger partial charge in [-0.25, -0.2) is 0 Å². The Morgan fingerprint density at radius 3 is 2.59 bits per heavy atom. The standard InChI is InChI=1S/C15H16F3NO2S/c16-15(17,18)22-13-6-3-11(4-7-13)5-8-14(21)19-9-1-2-12(20)10-19/h3-8,12,20H,1-2,9-10H2. The van der Waals surface area contributed by atoms with Crippen molar-refractivity contribution in [1.29, 1.82) is 0 Å². The fourth-order valence-corrected chi connectivity index (χ4v) is 2.75. The second-order valence-corrected chi connectivity index (χ2v) is 6.17. The number of halogens is 3. The molecule has 22 heavy (non-hydrogen) atoms. The Hall–Kier alpha value is -1.47. The van der Waals surface area contributed by atoms with Crippen LogP contribution in [0.3, 0.4) is 0 Å². The molecule has 1 saturated heterocycles. The molecule has 120 valence electrons. The van der Waals surface area contributed by atoms with Gasteiger partial charge in [0, 0.05) is 24.1 Å². The van der Waals surface area contributed by atoms with Crippen molar-refractivity contribution >= 4 is 23.7 Å². The molecule has 7 heteroatoms. The third kappa shape index (κ3) is 5.38. The highest BCUT2D eigenvalue weighted by molar-refractivity contribution is 8.00. The average Bonchev–Trinajstić information content (AvgIpc) is 2.44. The minimum Gasteiger partial charge on any atom is -0.391 e. The smallest absolute Gasteiger partial charge is 0.391 e. The predicted molar refractivity (Wildman–Crippen MR) is 79.2 cm³/mol. The molecule has 1 aliphatic heterocycles. The number of piperidine rings is 1. The summed E-state index contributed by atoms with van der Waals surface area (Å²) in [6.45, 7) is 0.936. The predicted octanol–water partition coefficient (Wildman–Crippen LogP) is 3.30. The normalized spacial score (nSPS) is 19.6. The molecule has 0 saturated carbocycles. The van der Waals surface area contributed by atoms with Crippen LogP contribution in [0, 0.1) is 0 Å². The third-order valence-corrected chi connectivity index (χ3v) is 3.98. The van der Waals surface area contributed by atoms with Crippen LogP contribution in [0.4, 0.5) is 13.2 Å². The van der Waals surface area contributed by atoms with Gasteiger partial charge in [-0.1, -0.05) is 12.1 Å². The summed E-state index contributed by atoms with van der Waals surface area (Å²) in [5.74, 6) is -0.201. The third-order valence-electron chi connectivity index (χ3n) is 3.24. The van der Waals surface area contributed by atoms with Gasteiger partial charge < -0.3 is 10.0 Å². The maximum atomic E-state index is 12.2. The number of benzene rings is 1. The molecule has 0 radical (unpaired) electrons. The fourth-order valence-electron chi connectivity index (χ4n) is 2.21. The molecule has 1 aromatic carbocycles. The summed E-state index contributed by atoms with van der Waals surface area (Å²) < 4.78 is 36.6. The van der Waals surface area contributed by atoms with E-state index in [-0.39, 0.29) is 22.6 Å². The number of alkyl halides is 3. The van der Waals surface area contributed by atoms with E-state index in [1.165, 1.54) is 30.3 Å². The first-order chi connectivity index (χ1) is 10.3. The molecule has 1 unspecified atom stereocenters. The van der Waals surface area contributed by atoms with Gasteiger partial charge in [-0.2, -0.15) is 13.2 Å². The number of aliphatic hydroxyl groups is 1. The zero-order chi connectivity index (χ0) is 16.2. The number of hydrogen-bond acceptors (Lipinski definition) is 3. The number of carbonyl (C=O) groups excluding carboxylic acids is 1. The van der Waals surface area contributed by atoms with Crippen LogP contribution in [0.25, 0.3) is 6.08 Å². The quantitative estimate of drug-likeness (QED) is 0.682. The van der Waals surface area contributed by atoms with Crippen LogP contribution in [0.1, 0.15) is 18.4 Å². The van der Waals surface area contributed by atoms with Crippen molar-refractivity contribution in [2.75, 3.05) is 13.1 Å². The number of likely N-dealkylation sites (tertiary alicyclic amines) is 1. The van der Waals surface area contributed by atoms with Crippen LogP contribution >= 0.6 is 11.8 Å².